The van der Waals surface area contributed by atoms with E-state index < -0.39 is 0 Å². The Bertz CT molecular complexity index is 2530. The van der Waals surface area contributed by atoms with E-state index in [0.29, 0.717) is 0 Å². The van der Waals surface area contributed by atoms with Gasteiger partial charge < -0.3 is 9.97 Å². The van der Waals surface area contributed by atoms with Crippen LogP contribution < -0.4 is 0 Å². The number of rotatable bonds is 4. The van der Waals surface area contributed by atoms with Gasteiger partial charge in [-0.15, -0.1) is 0 Å². The van der Waals surface area contributed by atoms with Gasteiger partial charge >= 0.3 is 19.8 Å². The molecule has 49 heavy (non-hydrogen) atoms. The van der Waals surface area contributed by atoms with E-state index >= 15 is 0 Å². The van der Waals surface area contributed by atoms with Crippen molar-refractivity contribution in [2.24, 2.45) is 0 Å². The van der Waals surface area contributed by atoms with Crippen LogP contribution in [0.15, 0.2) is 152 Å². The van der Waals surface area contributed by atoms with Crippen molar-refractivity contribution in [1.82, 2.24) is 19.9 Å². The third kappa shape index (κ3) is 5.80. The molecule has 232 valence electrons. The van der Waals surface area contributed by atoms with Gasteiger partial charge in [-0.1, -0.05) is 121 Å². The number of benzene rings is 4. The summed E-state index contributed by atoms with van der Waals surface area (Å²) in [4.78, 5) is 17.9. The van der Waals surface area contributed by atoms with E-state index in [1.54, 1.807) is 0 Å². The van der Waals surface area contributed by atoms with Crippen molar-refractivity contribution in [3.05, 3.63) is 180 Å². The van der Waals surface area contributed by atoms with Crippen LogP contribution in [0.25, 0.3) is 79.2 Å². The summed E-state index contributed by atoms with van der Waals surface area (Å²) in [7, 11) is 0. The van der Waals surface area contributed by atoms with Gasteiger partial charge in [-0.25, -0.2) is 9.97 Å². The molecule has 8 bridgehead atoms. The second-order valence-corrected chi connectivity index (χ2v) is 12.0. The quantitative estimate of drug-likeness (QED) is 0.181. The second-order valence-electron chi connectivity index (χ2n) is 12.0. The molecule has 2 aliphatic rings. The minimum atomic E-state index is 0. The summed E-state index contributed by atoms with van der Waals surface area (Å²) in [5.41, 5.74) is 16.3. The fourth-order valence-corrected chi connectivity index (χ4v) is 6.78. The first-order chi connectivity index (χ1) is 23.8. The Kier molecular flexibility index (Phi) is 8.05. The molecule has 9 rings (SSSR count). The van der Waals surface area contributed by atoms with Gasteiger partial charge in [-0.3, -0.25) is 0 Å². The zero-order valence-electron chi connectivity index (χ0n) is 26.1. The standard InChI is InChI=1S/C44H30N4.Ga.3H/c1-5-13-29(14-6-1)38-27-37-26-35-22-21-33(45-35)25-34-23-24-36(46-34)28-39-40(30-15-7-2-8-16-30)41(31-17-9-3-10-18-31)44(48-39)42(43(38)47-37)32-19-11-4-12-20-32;;;;/h1-28,45,48H;;;;. The third-order valence-electron chi connectivity index (χ3n) is 8.89. The summed E-state index contributed by atoms with van der Waals surface area (Å²) in [6.45, 7) is 0. The van der Waals surface area contributed by atoms with Gasteiger partial charge in [0, 0.05) is 38.8 Å². The third-order valence-corrected chi connectivity index (χ3v) is 8.89. The maximum atomic E-state index is 5.42. The first kappa shape index (κ1) is 30.4. The van der Waals surface area contributed by atoms with Crippen LogP contribution in [0.2, 0.25) is 0 Å². The Labute approximate surface area is 297 Å². The van der Waals surface area contributed by atoms with Gasteiger partial charge in [0.1, 0.15) is 0 Å². The summed E-state index contributed by atoms with van der Waals surface area (Å²) in [5, 5.41) is 0. The number of aromatic nitrogens is 4. The average molecular weight is 687 g/mol. The molecule has 0 aliphatic carbocycles. The van der Waals surface area contributed by atoms with Crippen molar-refractivity contribution in [3.63, 3.8) is 0 Å². The van der Waals surface area contributed by atoms with Crippen LogP contribution in [0, 0.1) is 0 Å². The Hall–Kier alpha value is -5.88. The first-order valence-corrected chi connectivity index (χ1v) is 16.2. The predicted octanol–water partition coefficient (Wildman–Crippen LogP) is 9.89. The molecule has 5 heteroatoms. The monoisotopic (exact) mass is 686 g/mol. The summed E-state index contributed by atoms with van der Waals surface area (Å²) >= 11 is 0. The molecule has 4 aromatic carbocycles. The number of hydrogen-bond acceptors (Lipinski definition) is 2. The minimum absolute atomic E-state index is 0. The molecule has 0 spiro atoms. The van der Waals surface area contributed by atoms with Gasteiger partial charge in [0.2, 0.25) is 0 Å². The second kappa shape index (κ2) is 13.0. The number of nitrogens with one attached hydrogen (secondary N) is 2. The Morgan fingerprint density at radius 3 is 1.49 bits per heavy atom. The molecule has 4 nitrogen and oxygen atoms in total. The molecular weight excluding hydrogens is 654 g/mol. The van der Waals surface area contributed by atoms with Gasteiger partial charge in [-0.05, 0) is 70.8 Å². The zero-order valence-corrected chi connectivity index (χ0v) is 26.1. The topological polar surface area (TPSA) is 57.4 Å². The molecule has 0 fully saturated rings. The number of hydrogen-bond donors (Lipinski definition) is 2. The van der Waals surface area contributed by atoms with Crippen LogP contribution >= 0.6 is 0 Å². The number of fused-ring (bicyclic) bond motifs is 8. The molecule has 2 aliphatic heterocycles. The van der Waals surface area contributed by atoms with Crippen LogP contribution in [-0.4, -0.2) is 39.7 Å². The van der Waals surface area contributed by atoms with Crippen molar-refractivity contribution in [3.8, 4) is 33.4 Å². The van der Waals surface area contributed by atoms with E-state index in [9.17, 15) is 0 Å². The van der Waals surface area contributed by atoms with Crippen LogP contribution in [0.1, 0.15) is 28.3 Å². The van der Waals surface area contributed by atoms with Crippen LogP contribution in [0.5, 0.6) is 0 Å². The molecular formula is C44H33GaN4. The van der Waals surface area contributed by atoms with Crippen LogP contribution in [-0.2, 0) is 0 Å². The van der Waals surface area contributed by atoms with E-state index in [1.807, 2.05) is 0 Å². The van der Waals surface area contributed by atoms with E-state index in [2.05, 4.69) is 180 Å². The molecule has 0 radical (unpaired) electrons. The first-order valence-electron chi connectivity index (χ1n) is 16.2. The molecule has 0 amide bonds. The molecule has 5 heterocycles. The van der Waals surface area contributed by atoms with E-state index in [-0.39, 0.29) is 19.8 Å². The van der Waals surface area contributed by atoms with Gasteiger partial charge in [-0.2, -0.15) is 0 Å². The van der Waals surface area contributed by atoms with Crippen LogP contribution in [0.4, 0.5) is 0 Å². The number of nitrogens with zero attached hydrogens (tertiary/aromatic N) is 2. The number of H-pyrrole nitrogens is 2. The SMILES string of the molecule is C1=Cc2cc3[nH]c(c(-c4ccccc4)c4nc(cc5ccc(cc1n2)[nH]5)C=C4c1ccccc1)c(-c1ccccc1)c3-c1ccccc1.[GaH3]. The van der Waals surface area contributed by atoms with Crippen molar-refractivity contribution in [1.29, 1.82) is 0 Å². The Morgan fingerprint density at radius 2 is 0.898 bits per heavy atom. The molecule has 2 N–H and O–H groups in total. The van der Waals surface area contributed by atoms with E-state index in [1.165, 1.54) is 0 Å². The van der Waals surface area contributed by atoms with Crippen molar-refractivity contribution in [2.75, 3.05) is 0 Å². The van der Waals surface area contributed by atoms with Gasteiger partial charge in [0.15, 0.2) is 0 Å². The molecule has 0 atom stereocenters. The summed E-state index contributed by atoms with van der Waals surface area (Å²) in [6, 6.07) is 53.0. The van der Waals surface area contributed by atoms with Crippen LogP contribution in [0.3, 0.4) is 0 Å². The van der Waals surface area contributed by atoms with Crippen molar-refractivity contribution in [2.45, 2.75) is 0 Å². The van der Waals surface area contributed by atoms with Gasteiger partial charge in [0.25, 0.3) is 0 Å². The van der Waals surface area contributed by atoms with Crippen molar-refractivity contribution >= 4 is 65.7 Å². The molecule has 0 saturated heterocycles. The fourth-order valence-electron chi connectivity index (χ4n) is 6.78. The maximum absolute atomic E-state index is 5.42. The van der Waals surface area contributed by atoms with E-state index in [4.69, 9.17) is 9.97 Å². The normalized spacial score (nSPS) is 12.0. The molecule has 3 aromatic heterocycles. The average Bonchev–Trinajstić information content (AvgIpc) is 3.94. The van der Waals surface area contributed by atoms with Crippen molar-refractivity contribution < 1.29 is 0 Å². The zero-order chi connectivity index (χ0) is 31.9. The Balaban J connectivity index is 0.00000348. The predicted molar refractivity (Wildman–Crippen MR) is 210 cm³/mol. The summed E-state index contributed by atoms with van der Waals surface area (Å²) < 4.78 is 0. The summed E-state index contributed by atoms with van der Waals surface area (Å²) in [5.74, 6) is 0. The Morgan fingerprint density at radius 1 is 0.408 bits per heavy atom. The summed E-state index contributed by atoms with van der Waals surface area (Å²) in [6.07, 6.45) is 6.35. The van der Waals surface area contributed by atoms with E-state index in [0.717, 1.165) is 89.4 Å². The molecule has 7 aromatic rings. The number of aromatic amines is 2. The fraction of sp³-hybridized carbons (Fsp3) is 0. The molecule has 0 saturated carbocycles. The van der Waals surface area contributed by atoms with Gasteiger partial charge in [0.05, 0.1) is 28.3 Å². The molecule has 0 unspecified atom stereocenters.